The maximum absolute atomic E-state index is 11.9. The van der Waals surface area contributed by atoms with E-state index in [4.69, 9.17) is 39.0 Å². The number of benzene rings is 1. The van der Waals surface area contributed by atoms with E-state index in [1.165, 1.54) is 0 Å². The topological polar surface area (TPSA) is 107 Å². The second kappa shape index (κ2) is 9.59. The fourth-order valence-electron chi connectivity index (χ4n) is 3.98. The lowest BCUT2D eigenvalue weighted by molar-refractivity contribution is -0.148. The third kappa shape index (κ3) is 6.08. The normalized spacial score (nSPS) is 25.6. The van der Waals surface area contributed by atoms with Crippen LogP contribution in [0, 0.1) is 11.8 Å². The number of aliphatic carboxylic acids is 1. The standard InChI is InChI=1S/C18H27BCl2N2O4/c1-23(10-13-3-5-15(20)16(21)8-13)11-14-4-2-12(6-7-19(26)27)9-18(14,22)17(24)25/h3,5,8,12,14,26-27H,2,4,6-7,9-11,22H2,1H3,(H,24,25)/t12-,14-,18+/m0/s1. The van der Waals surface area contributed by atoms with E-state index in [2.05, 4.69) is 0 Å². The molecule has 1 fully saturated rings. The Morgan fingerprint density at radius 3 is 2.63 bits per heavy atom. The highest BCUT2D eigenvalue weighted by atomic mass is 35.5. The first kappa shape index (κ1) is 22.5. The van der Waals surface area contributed by atoms with Crippen molar-refractivity contribution in [3.63, 3.8) is 0 Å². The van der Waals surface area contributed by atoms with Gasteiger partial charge in [0.15, 0.2) is 0 Å². The quantitative estimate of drug-likeness (QED) is 0.485. The summed E-state index contributed by atoms with van der Waals surface area (Å²) >= 11 is 12.0. The van der Waals surface area contributed by atoms with Gasteiger partial charge in [-0.1, -0.05) is 35.7 Å². The van der Waals surface area contributed by atoms with Crippen LogP contribution < -0.4 is 5.73 Å². The predicted molar refractivity (Wildman–Crippen MR) is 108 cm³/mol. The van der Waals surface area contributed by atoms with Gasteiger partial charge in [-0.25, -0.2) is 0 Å². The molecule has 0 saturated heterocycles. The number of hydrogen-bond acceptors (Lipinski definition) is 5. The second-order valence-electron chi connectivity index (χ2n) is 7.69. The van der Waals surface area contributed by atoms with Gasteiger partial charge in [0.2, 0.25) is 0 Å². The van der Waals surface area contributed by atoms with Gasteiger partial charge in [0.25, 0.3) is 0 Å². The molecule has 0 aliphatic heterocycles. The fourth-order valence-corrected chi connectivity index (χ4v) is 4.30. The largest absolute Gasteiger partial charge is 0.480 e. The Kier molecular flexibility index (Phi) is 7.98. The number of rotatable bonds is 8. The second-order valence-corrected chi connectivity index (χ2v) is 8.51. The summed E-state index contributed by atoms with van der Waals surface area (Å²) in [4.78, 5) is 14.0. The minimum atomic E-state index is -1.36. The summed E-state index contributed by atoms with van der Waals surface area (Å²) in [6.45, 7) is 1.17. The lowest BCUT2D eigenvalue weighted by atomic mass is 9.66. The molecule has 1 aliphatic rings. The minimum absolute atomic E-state index is 0.0875. The Bertz CT molecular complexity index is 664. The highest BCUT2D eigenvalue weighted by Crippen LogP contribution is 2.38. The van der Waals surface area contributed by atoms with Crippen molar-refractivity contribution in [1.29, 1.82) is 0 Å². The molecule has 150 valence electrons. The molecular formula is C18H27BCl2N2O4. The van der Waals surface area contributed by atoms with Crippen LogP contribution in [0.15, 0.2) is 18.2 Å². The molecule has 0 heterocycles. The fraction of sp³-hybridized carbons (Fsp3) is 0.611. The van der Waals surface area contributed by atoms with E-state index in [1.807, 2.05) is 24.1 Å². The first-order valence-corrected chi connectivity index (χ1v) is 9.88. The Labute approximate surface area is 170 Å². The third-order valence-corrected chi connectivity index (χ3v) is 6.22. The van der Waals surface area contributed by atoms with E-state index in [0.717, 1.165) is 12.0 Å². The SMILES string of the molecule is CN(Cc1ccc(Cl)c(Cl)c1)C[C@@H]1CC[C@@H](CCB(O)O)C[C@]1(N)C(=O)O. The molecule has 0 spiro atoms. The molecule has 0 aromatic heterocycles. The van der Waals surface area contributed by atoms with Crippen LogP contribution in [0.3, 0.4) is 0 Å². The van der Waals surface area contributed by atoms with Crippen molar-refractivity contribution in [3.8, 4) is 0 Å². The molecule has 1 aliphatic carbocycles. The number of nitrogens with two attached hydrogens (primary N) is 1. The summed E-state index contributed by atoms with van der Waals surface area (Å²) in [5.74, 6) is -1.09. The van der Waals surface area contributed by atoms with Gasteiger partial charge < -0.3 is 25.8 Å². The van der Waals surface area contributed by atoms with Crippen LogP contribution in [0.1, 0.15) is 31.2 Å². The van der Waals surface area contributed by atoms with Gasteiger partial charge >= 0.3 is 13.1 Å². The lowest BCUT2D eigenvalue weighted by Crippen LogP contribution is -2.59. The number of hydrogen-bond donors (Lipinski definition) is 4. The van der Waals surface area contributed by atoms with Crippen molar-refractivity contribution < 1.29 is 19.9 Å². The van der Waals surface area contributed by atoms with Crippen LogP contribution >= 0.6 is 23.2 Å². The van der Waals surface area contributed by atoms with Crippen molar-refractivity contribution in [3.05, 3.63) is 33.8 Å². The van der Waals surface area contributed by atoms with Gasteiger partial charge in [-0.3, -0.25) is 4.79 Å². The van der Waals surface area contributed by atoms with Crippen molar-refractivity contribution in [2.45, 2.75) is 44.1 Å². The van der Waals surface area contributed by atoms with Gasteiger partial charge in [-0.15, -0.1) is 0 Å². The number of carboxylic acid groups (broad SMARTS) is 1. The molecule has 1 saturated carbocycles. The summed E-state index contributed by atoms with van der Waals surface area (Å²) in [5.41, 5.74) is 6.02. The van der Waals surface area contributed by atoms with Gasteiger partial charge in [0, 0.05) is 19.0 Å². The summed E-state index contributed by atoms with van der Waals surface area (Å²) < 4.78 is 0. The molecule has 3 atom stereocenters. The summed E-state index contributed by atoms with van der Waals surface area (Å²) in [5, 5.41) is 28.9. The molecule has 9 heteroatoms. The van der Waals surface area contributed by atoms with Gasteiger partial charge in [0.1, 0.15) is 5.54 Å². The van der Waals surface area contributed by atoms with Crippen LogP contribution in [0.25, 0.3) is 0 Å². The number of halogens is 2. The molecule has 1 aromatic rings. The summed E-state index contributed by atoms with van der Waals surface area (Å²) in [7, 11) is 0.566. The summed E-state index contributed by atoms with van der Waals surface area (Å²) in [6, 6.07) is 5.46. The van der Waals surface area contributed by atoms with Crippen molar-refractivity contribution in [1.82, 2.24) is 4.90 Å². The minimum Gasteiger partial charge on any atom is -0.480 e. The molecule has 1 aromatic carbocycles. The monoisotopic (exact) mass is 416 g/mol. The Hall–Kier alpha value is -0.825. The van der Waals surface area contributed by atoms with Crippen LogP contribution in [0.4, 0.5) is 0 Å². The zero-order valence-electron chi connectivity index (χ0n) is 15.4. The third-order valence-electron chi connectivity index (χ3n) is 5.48. The molecule has 5 N–H and O–H groups in total. The molecule has 6 nitrogen and oxygen atoms in total. The van der Waals surface area contributed by atoms with Crippen molar-refractivity contribution >= 4 is 36.3 Å². The average molecular weight is 417 g/mol. The first-order valence-electron chi connectivity index (χ1n) is 9.12. The maximum Gasteiger partial charge on any atom is 0.451 e. The van der Waals surface area contributed by atoms with E-state index >= 15 is 0 Å². The van der Waals surface area contributed by atoms with E-state index in [9.17, 15) is 9.90 Å². The van der Waals surface area contributed by atoms with E-state index in [-0.39, 0.29) is 18.2 Å². The maximum atomic E-state index is 11.9. The van der Waals surface area contributed by atoms with E-state index in [1.54, 1.807) is 6.07 Å². The van der Waals surface area contributed by atoms with Crippen molar-refractivity contribution in [2.24, 2.45) is 17.6 Å². The van der Waals surface area contributed by atoms with Crippen LogP contribution in [-0.4, -0.2) is 52.3 Å². The number of nitrogens with zero attached hydrogens (tertiary/aromatic N) is 1. The van der Waals surface area contributed by atoms with Gasteiger partial charge in [0.05, 0.1) is 10.0 Å². The summed E-state index contributed by atoms with van der Waals surface area (Å²) in [6.07, 6.45) is 2.68. The zero-order valence-corrected chi connectivity index (χ0v) is 17.0. The lowest BCUT2D eigenvalue weighted by Gasteiger charge is -2.43. The Morgan fingerprint density at radius 1 is 1.33 bits per heavy atom. The molecule has 27 heavy (non-hydrogen) atoms. The van der Waals surface area contributed by atoms with Gasteiger partial charge in [-0.2, -0.15) is 0 Å². The number of carbonyl (C=O) groups is 1. The van der Waals surface area contributed by atoms with Crippen LogP contribution in [0.5, 0.6) is 0 Å². The molecule has 2 rings (SSSR count). The molecule has 0 bridgehead atoms. The van der Waals surface area contributed by atoms with E-state index in [0.29, 0.717) is 42.4 Å². The van der Waals surface area contributed by atoms with Gasteiger partial charge in [-0.05, 0) is 56.2 Å². The predicted octanol–water partition coefficient (Wildman–Crippen LogP) is 2.49. The smallest absolute Gasteiger partial charge is 0.451 e. The molecule has 0 unspecified atom stereocenters. The van der Waals surface area contributed by atoms with E-state index < -0.39 is 18.6 Å². The molecular weight excluding hydrogens is 390 g/mol. The first-order chi connectivity index (χ1) is 12.6. The Balaban J connectivity index is 2.00. The Morgan fingerprint density at radius 2 is 2.04 bits per heavy atom. The van der Waals surface area contributed by atoms with Crippen LogP contribution in [0.2, 0.25) is 16.4 Å². The molecule has 0 amide bonds. The highest BCUT2D eigenvalue weighted by Gasteiger charge is 2.47. The zero-order chi connectivity index (χ0) is 20.2. The highest BCUT2D eigenvalue weighted by molar-refractivity contribution is 6.42. The average Bonchev–Trinajstić information content (AvgIpc) is 2.58. The number of carboxylic acids is 1. The van der Waals surface area contributed by atoms with Crippen LogP contribution in [-0.2, 0) is 11.3 Å². The van der Waals surface area contributed by atoms with Crippen molar-refractivity contribution in [2.75, 3.05) is 13.6 Å². The molecule has 0 radical (unpaired) electrons.